The van der Waals surface area contributed by atoms with Gasteiger partial charge >= 0.3 is 0 Å². The number of carbonyl (C=O) groups is 3. The zero-order valence-corrected chi connectivity index (χ0v) is 25.3. The Morgan fingerprint density at radius 1 is 0.953 bits per heavy atom. The summed E-state index contributed by atoms with van der Waals surface area (Å²) in [7, 11) is 1.61. The summed E-state index contributed by atoms with van der Waals surface area (Å²) in [6.07, 6.45) is 0.968. The number of benzene rings is 3. The Kier molecular flexibility index (Phi) is 9.56. The van der Waals surface area contributed by atoms with Gasteiger partial charge in [-0.25, -0.2) is 4.99 Å². The van der Waals surface area contributed by atoms with E-state index in [1.807, 2.05) is 91.5 Å². The summed E-state index contributed by atoms with van der Waals surface area (Å²) in [6.45, 7) is 4.78. The number of hydrogen-bond donors (Lipinski definition) is 2. The van der Waals surface area contributed by atoms with Crippen LogP contribution in [0.3, 0.4) is 0 Å². The van der Waals surface area contributed by atoms with Crippen LogP contribution in [0.2, 0.25) is 0 Å². The molecule has 2 atom stereocenters. The molecule has 0 radical (unpaired) electrons. The number of methoxy groups -OCH3 is 1. The molecule has 2 aliphatic rings. The smallest absolute Gasteiger partial charge is 0.270 e. The number of fused-ring (bicyclic) bond motifs is 3. The van der Waals surface area contributed by atoms with Crippen LogP contribution in [0.5, 0.6) is 5.75 Å². The third-order valence-electron chi connectivity index (χ3n) is 7.40. The molecule has 0 fully saturated rings. The van der Waals surface area contributed by atoms with Gasteiger partial charge in [-0.1, -0.05) is 72.8 Å². The summed E-state index contributed by atoms with van der Waals surface area (Å²) in [5.74, 6) is 0.672. The molecule has 9 nitrogen and oxygen atoms in total. The third kappa shape index (κ3) is 7.14. The minimum atomic E-state index is -0.686. The van der Waals surface area contributed by atoms with Crippen molar-refractivity contribution in [3.05, 3.63) is 95.1 Å². The number of para-hydroxylation sites is 1. The predicted molar refractivity (Wildman–Crippen MR) is 169 cm³/mol. The molecule has 0 aromatic heterocycles. The molecule has 222 valence electrons. The van der Waals surface area contributed by atoms with Gasteiger partial charge in [0.1, 0.15) is 17.6 Å². The molecule has 0 bridgehead atoms. The number of amides is 3. The van der Waals surface area contributed by atoms with Crippen LogP contribution in [0.15, 0.2) is 82.8 Å². The van der Waals surface area contributed by atoms with Gasteiger partial charge in [0.15, 0.2) is 5.17 Å². The van der Waals surface area contributed by atoms with Gasteiger partial charge < -0.3 is 15.4 Å². The van der Waals surface area contributed by atoms with Crippen LogP contribution in [0.25, 0.3) is 0 Å². The SMILES string of the molecule is CCC(SC1=Nc2ccccc2C2=NC(=O)C(CCC(=O)NCc3ccc(OC)cc3)N12)C(=O)NCc1ccc(C)cc1. The summed E-state index contributed by atoms with van der Waals surface area (Å²) in [5, 5.41) is 6.07. The Morgan fingerprint density at radius 3 is 2.33 bits per heavy atom. The van der Waals surface area contributed by atoms with Crippen molar-refractivity contribution in [2.24, 2.45) is 9.98 Å². The van der Waals surface area contributed by atoms with Gasteiger partial charge in [0.2, 0.25) is 11.8 Å². The fourth-order valence-corrected chi connectivity index (χ4v) is 6.01. The van der Waals surface area contributed by atoms with Gasteiger partial charge in [-0.2, -0.15) is 4.99 Å². The molecule has 0 saturated heterocycles. The van der Waals surface area contributed by atoms with E-state index in [1.54, 1.807) is 7.11 Å². The van der Waals surface area contributed by atoms with Gasteiger partial charge in [0, 0.05) is 25.1 Å². The normalized spacial score (nSPS) is 16.0. The lowest BCUT2D eigenvalue weighted by atomic mass is 10.1. The molecule has 5 rings (SSSR count). The first kappa shape index (κ1) is 30.0. The molecule has 3 amide bonds. The predicted octanol–water partition coefficient (Wildman–Crippen LogP) is 4.89. The van der Waals surface area contributed by atoms with E-state index in [2.05, 4.69) is 15.6 Å². The number of nitrogens with one attached hydrogen (secondary N) is 2. The fraction of sp³-hybridized carbons (Fsp3) is 0.303. The van der Waals surface area contributed by atoms with Crippen LogP contribution in [0.4, 0.5) is 5.69 Å². The molecule has 43 heavy (non-hydrogen) atoms. The number of nitrogens with zero attached hydrogens (tertiary/aromatic N) is 3. The highest BCUT2D eigenvalue weighted by atomic mass is 32.2. The first-order chi connectivity index (χ1) is 20.9. The minimum absolute atomic E-state index is 0.104. The van der Waals surface area contributed by atoms with Crippen LogP contribution in [-0.4, -0.2) is 52.0 Å². The first-order valence-corrected chi connectivity index (χ1v) is 15.2. The van der Waals surface area contributed by atoms with Crippen LogP contribution in [0.1, 0.15) is 48.4 Å². The highest BCUT2D eigenvalue weighted by Crippen LogP contribution is 2.36. The molecule has 0 aliphatic carbocycles. The number of ether oxygens (including phenoxy) is 1. The second-order valence-electron chi connectivity index (χ2n) is 10.5. The van der Waals surface area contributed by atoms with E-state index in [0.29, 0.717) is 36.2 Å². The Bertz CT molecular complexity index is 1550. The van der Waals surface area contributed by atoms with Gasteiger partial charge in [-0.15, -0.1) is 0 Å². The number of amidine groups is 2. The minimum Gasteiger partial charge on any atom is -0.497 e. The topological polar surface area (TPSA) is 112 Å². The number of rotatable bonds is 11. The Morgan fingerprint density at radius 2 is 1.63 bits per heavy atom. The second kappa shape index (κ2) is 13.7. The Labute approximate surface area is 255 Å². The molecule has 10 heteroatoms. The van der Waals surface area contributed by atoms with Crippen molar-refractivity contribution in [1.82, 2.24) is 15.5 Å². The van der Waals surface area contributed by atoms with Gasteiger partial charge in [-0.05, 0) is 55.2 Å². The molecule has 0 saturated carbocycles. The molecule has 2 unspecified atom stereocenters. The van der Waals surface area contributed by atoms with Crippen molar-refractivity contribution in [2.75, 3.05) is 7.11 Å². The van der Waals surface area contributed by atoms with E-state index in [9.17, 15) is 14.4 Å². The van der Waals surface area contributed by atoms with Crippen molar-refractivity contribution in [3.8, 4) is 5.75 Å². The van der Waals surface area contributed by atoms with Crippen LogP contribution in [0, 0.1) is 6.92 Å². The van der Waals surface area contributed by atoms with E-state index in [4.69, 9.17) is 9.73 Å². The summed E-state index contributed by atoms with van der Waals surface area (Å²) in [5.41, 5.74) is 4.58. The number of aliphatic imine (C=N–C) groups is 2. The van der Waals surface area contributed by atoms with Crippen molar-refractivity contribution in [1.29, 1.82) is 0 Å². The van der Waals surface area contributed by atoms with E-state index >= 15 is 0 Å². The molecule has 2 aliphatic heterocycles. The second-order valence-corrected chi connectivity index (χ2v) is 11.6. The number of aryl methyl sites for hydroxylation is 1. The van der Waals surface area contributed by atoms with Gasteiger partial charge in [0.05, 0.1) is 18.0 Å². The maximum absolute atomic E-state index is 13.2. The van der Waals surface area contributed by atoms with E-state index < -0.39 is 11.3 Å². The maximum atomic E-state index is 13.2. The van der Waals surface area contributed by atoms with E-state index in [1.165, 1.54) is 11.8 Å². The highest BCUT2D eigenvalue weighted by molar-refractivity contribution is 8.15. The third-order valence-corrected chi connectivity index (χ3v) is 8.73. The average Bonchev–Trinajstić information content (AvgIpc) is 3.37. The zero-order valence-electron chi connectivity index (χ0n) is 24.5. The zero-order chi connectivity index (χ0) is 30.3. The van der Waals surface area contributed by atoms with Crippen molar-refractivity contribution in [2.45, 2.75) is 57.5 Å². The number of thioether (sulfide) groups is 1. The van der Waals surface area contributed by atoms with Crippen LogP contribution < -0.4 is 15.4 Å². The molecule has 3 aromatic carbocycles. The van der Waals surface area contributed by atoms with Crippen LogP contribution >= 0.6 is 11.8 Å². The summed E-state index contributed by atoms with van der Waals surface area (Å²) in [4.78, 5) is 50.3. The molecule has 2 N–H and O–H groups in total. The monoisotopic (exact) mass is 597 g/mol. The number of carbonyl (C=O) groups excluding carboxylic acids is 3. The standard InChI is InChI=1S/C33H35N5O4S/c1-4-28(32(41)35-20-22-11-9-21(2)10-12-22)43-33-36-26-8-6-5-7-25(26)30-37-31(40)27(38(30)33)17-18-29(39)34-19-23-13-15-24(42-3)16-14-23/h5-16,27-28H,4,17-20H2,1-3H3,(H,34,39)(H,35,41). The fourth-order valence-electron chi connectivity index (χ4n) is 4.92. The summed E-state index contributed by atoms with van der Waals surface area (Å²) < 4.78 is 5.18. The lowest BCUT2D eigenvalue weighted by Crippen LogP contribution is -2.45. The van der Waals surface area contributed by atoms with E-state index in [-0.39, 0.29) is 30.6 Å². The molecule has 0 spiro atoms. The molecule has 3 aromatic rings. The first-order valence-electron chi connectivity index (χ1n) is 14.4. The van der Waals surface area contributed by atoms with Crippen LogP contribution in [-0.2, 0) is 27.5 Å². The summed E-state index contributed by atoms with van der Waals surface area (Å²) in [6, 6.07) is 22.4. The van der Waals surface area contributed by atoms with E-state index in [0.717, 1.165) is 28.0 Å². The molecule has 2 heterocycles. The number of hydrogen-bond acceptors (Lipinski definition) is 7. The molecular weight excluding hydrogens is 562 g/mol. The quantitative estimate of drug-likeness (QED) is 0.326. The van der Waals surface area contributed by atoms with Crippen molar-refractivity contribution < 1.29 is 19.1 Å². The Hall–Kier alpha value is -4.44. The largest absolute Gasteiger partial charge is 0.497 e. The van der Waals surface area contributed by atoms with Gasteiger partial charge in [-0.3, -0.25) is 19.3 Å². The van der Waals surface area contributed by atoms with Crippen molar-refractivity contribution in [3.63, 3.8) is 0 Å². The lowest BCUT2D eigenvalue weighted by Gasteiger charge is -2.32. The maximum Gasteiger partial charge on any atom is 0.270 e. The van der Waals surface area contributed by atoms with Crippen molar-refractivity contribution >= 4 is 46.2 Å². The average molecular weight is 598 g/mol. The molecular formula is C33H35N5O4S. The summed E-state index contributed by atoms with van der Waals surface area (Å²) >= 11 is 1.32. The Balaban J connectivity index is 1.27. The highest BCUT2D eigenvalue weighted by Gasteiger charge is 2.42. The lowest BCUT2D eigenvalue weighted by molar-refractivity contribution is -0.123. The van der Waals surface area contributed by atoms with Gasteiger partial charge in [0.25, 0.3) is 5.91 Å².